The third kappa shape index (κ3) is 1.58. The number of hydrogen-bond donors (Lipinski definition) is 1. The largest absolute Gasteiger partial charge is 0.448 e. The number of ether oxygens (including phenoxy) is 2. The van der Waals surface area contributed by atoms with Crippen molar-refractivity contribution in [3.8, 4) is 18.2 Å². The van der Waals surface area contributed by atoms with Crippen LogP contribution in [0.15, 0.2) is 24.3 Å². The quantitative estimate of drug-likeness (QED) is 0.854. The van der Waals surface area contributed by atoms with Gasteiger partial charge in [-0.25, -0.2) is 0 Å². The number of fused-ring (bicyclic) bond motifs is 2. The highest BCUT2D eigenvalue weighted by molar-refractivity contribution is 5.89. The van der Waals surface area contributed by atoms with Crippen LogP contribution in [-0.2, 0) is 9.47 Å². The fourth-order valence-corrected chi connectivity index (χ4v) is 3.75. The topological polar surface area (TPSA) is 114 Å². The molecule has 120 valence electrons. The fraction of sp³-hybridized carbons (Fsp3) is 0.444. The molecular weight excluding hydrogens is 304 g/mol. The molecular formula is C18H16N4O2. The molecule has 0 unspecified atom stereocenters. The molecule has 6 nitrogen and oxygen atoms in total. The van der Waals surface area contributed by atoms with E-state index in [1.165, 1.54) is 0 Å². The number of rotatable bonds is 1. The first-order valence-corrected chi connectivity index (χ1v) is 7.57. The van der Waals surface area contributed by atoms with Gasteiger partial charge >= 0.3 is 0 Å². The summed E-state index contributed by atoms with van der Waals surface area (Å²) in [5.74, 6) is -2.25. The third-order valence-corrected chi connectivity index (χ3v) is 5.38. The van der Waals surface area contributed by atoms with Gasteiger partial charge < -0.3 is 9.47 Å². The van der Waals surface area contributed by atoms with Crippen molar-refractivity contribution in [2.45, 2.75) is 32.7 Å². The zero-order chi connectivity index (χ0) is 17.8. The van der Waals surface area contributed by atoms with E-state index in [1.807, 2.05) is 31.2 Å². The second kappa shape index (κ2) is 4.81. The molecule has 2 aliphatic rings. The van der Waals surface area contributed by atoms with Gasteiger partial charge in [0.15, 0.2) is 5.41 Å². The lowest BCUT2D eigenvalue weighted by molar-refractivity contribution is -0.268. The zero-order valence-corrected chi connectivity index (χ0v) is 13.6. The highest BCUT2D eigenvalue weighted by Crippen LogP contribution is 2.66. The molecule has 0 saturated carbocycles. The fourth-order valence-electron chi connectivity index (χ4n) is 3.75. The van der Waals surface area contributed by atoms with Crippen LogP contribution in [0.4, 0.5) is 0 Å². The first-order chi connectivity index (χ1) is 11.3. The first-order valence-electron chi connectivity index (χ1n) is 7.57. The van der Waals surface area contributed by atoms with Crippen molar-refractivity contribution in [3.05, 3.63) is 35.4 Å². The third-order valence-electron chi connectivity index (χ3n) is 5.38. The molecule has 4 atom stereocenters. The van der Waals surface area contributed by atoms with Crippen LogP contribution in [0.1, 0.15) is 31.1 Å². The molecule has 0 amide bonds. The first kappa shape index (κ1) is 16.0. The van der Waals surface area contributed by atoms with Gasteiger partial charge in [-0.2, -0.15) is 15.8 Å². The summed E-state index contributed by atoms with van der Waals surface area (Å²) in [6, 6.07) is 13.3. The number of aryl methyl sites for hydroxylation is 1. The molecule has 2 saturated heterocycles. The van der Waals surface area contributed by atoms with Gasteiger partial charge in [0.05, 0.1) is 24.1 Å². The Balaban J connectivity index is 2.31. The smallest absolute Gasteiger partial charge is 0.214 e. The molecule has 0 radical (unpaired) electrons. The standard InChI is InChI=1S/C18H16N4O2/c1-11-4-6-13(7-5-11)14-17(8-19,9-20)18(10-21)12(2)16(3,23-14)24-15(18)22/h4-7,12,14,22H,1-3H3/t12-,14+,16+,18-/m1/s1. The normalized spacial score (nSPS) is 36.1. The van der Waals surface area contributed by atoms with Gasteiger partial charge in [0.1, 0.15) is 6.10 Å². The minimum Gasteiger partial charge on any atom is -0.448 e. The van der Waals surface area contributed by atoms with Crippen molar-refractivity contribution >= 4 is 5.90 Å². The summed E-state index contributed by atoms with van der Waals surface area (Å²) in [4.78, 5) is 0. The summed E-state index contributed by atoms with van der Waals surface area (Å²) in [6.45, 7) is 5.25. The molecule has 1 aromatic carbocycles. The molecule has 24 heavy (non-hydrogen) atoms. The summed E-state index contributed by atoms with van der Waals surface area (Å²) in [7, 11) is 0. The Hall–Kier alpha value is -2.88. The maximum absolute atomic E-state index is 9.91. The monoisotopic (exact) mass is 320 g/mol. The lowest BCUT2D eigenvalue weighted by Crippen LogP contribution is -2.57. The van der Waals surface area contributed by atoms with E-state index in [1.54, 1.807) is 26.0 Å². The van der Waals surface area contributed by atoms with Crippen LogP contribution in [0, 0.1) is 63.1 Å². The average molecular weight is 320 g/mol. The van der Waals surface area contributed by atoms with Crippen molar-refractivity contribution in [1.29, 1.82) is 21.2 Å². The number of hydrogen-bond acceptors (Lipinski definition) is 6. The molecule has 3 rings (SSSR count). The molecule has 2 heterocycles. The van der Waals surface area contributed by atoms with Crippen molar-refractivity contribution < 1.29 is 9.47 Å². The van der Waals surface area contributed by atoms with E-state index in [0.717, 1.165) is 5.56 Å². The van der Waals surface area contributed by atoms with Crippen LogP contribution in [0.25, 0.3) is 0 Å². The van der Waals surface area contributed by atoms with Crippen LogP contribution in [0.2, 0.25) is 0 Å². The number of nitrogens with zero attached hydrogens (tertiary/aromatic N) is 3. The summed E-state index contributed by atoms with van der Waals surface area (Å²) < 4.78 is 11.6. The zero-order valence-electron chi connectivity index (χ0n) is 13.6. The summed E-state index contributed by atoms with van der Waals surface area (Å²) >= 11 is 0. The number of nitriles is 3. The highest BCUT2D eigenvalue weighted by atomic mass is 16.7. The highest BCUT2D eigenvalue weighted by Gasteiger charge is 2.78. The summed E-state index contributed by atoms with van der Waals surface area (Å²) in [6.07, 6.45) is -0.989. The van der Waals surface area contributed by atoms with Gasteiger partial charge in [0.25, 0.3) is 0 Å². The van der Waals surface area contributed by atoms with Crippen molar-refractivity contribution in [3.63, 3.8) is 0 Å². The lowest BCUT2D eigenvalue weighted by atomic mass is 9.54. The Morgan fingerprint density at radius 1 is 1.08 bits per heavy atom. The molecule has 0 aromatic heterocycles. The minimum absolute atomic E-state index is 0.377. The van der Waals surface area contributed by atoms with E-state index in [4.69, 9.17) is 14.9 Å². The Morgan fingerprint density at radius 3 is 2.17 bits per heavy atom. The number of benzene rings is 1. The predicted molar refractivity (Wildman–Crippen MR) is 83.1 cm³/mol. The van der Waals surface area contributed by atoms with Crippen LogP contribution in [0.5, 0.6) is 0 Å². The maximum Gasteiger partial charge on any atom is 0.214 e. The minimum atomic E-state index is -1.87. The predicted octanol–water partition coefficient (Wildman–Crippen LogP) is 2.97. The van der Waals surface area contributed by atoms with E-state index in [2.05, 4.69) is 6.07 Å². The number of nitrogens with one attached hydrogen (secondary N) is 1. The Labute approximate surface area is 140 Å². The van der Waals surface area contributed by atoms with Crippen molar-refractivity contribution in [2.24, 2.45) is 16.7 Å². The molecule has 0 spiro atoms. The van der Waals surface area contributed by atoms with Gasteiger partial charge in [0.2, 0.25) is 17.1 Å². The molecule has 6 heteroatoms. The Morgan fingerprint density at radius 2 is 1.67 bits per heavy atom. The van der Waals surface area contributed by atoms with Gasteiger partial charge in [-0.3, -0.25) is 5.41 Å². The molecule has 1 aromatic rings. The van der Waals surface area contributed by atoms with Crippen LogP contribution < -0.4 is 0 Å². The van der Waals surface area contributed by atoms with Gasteiger partial charge in [-0.05, 0) is 12.5 Å². The van der Waals surface area contributed by atoms with Crippen LogP contribution in [-0.4, -0.2) is 11.7 Å². The van der Waals surface area contributed by atoms with Gasteiger partial charge in [-0.1, -0.05) is 36.8 Å². The second-order valence-corrected chi connectivity index (χ2v) is 6.53. The molecule has 2 fully saturated rings. The molecule has 2 aliphatic heterocycles. The summed E-state index contributed by atoms with van der Waals surface area (Å²) in [5.41, 5.74) is -1.92. The van der Waals surface area contributed by atoms with E-state index >= 15 is 0 Å². The Kier molecular flexibility index (Phi) is 3.20. The van der Waals surface area contributed by atoms with Crippen LogP contribution in [0.3, 0.4) is 0 Å². The Bertz CT molecular complexity index is 828. The van der Waals surface area contributed by atoms with E-state index < -0.39 is 28.6 Å². The van der Waals surface area contributed by atoms with E-state index in [0.29, 0.717) is 5.56 Å². The van der Waals surface area contributed by atoms with Crippen molar-refractivity contribution in [1.82, 2.24) is 0 Å². The van der Waals surface area contributed by atoms with Crippen molar-refractivity contribution in [2.75, 3.05) is 0 Å². The van der Waals surface area contributed by atoms with Gasteiger partial charge in [0, 0.05) is 6.92 Å². The van der Waals surface area contributed by atoms with Gasteiger partial charge in [-0.15, -0.1) is 0 Å². The van der Waals surface area contributed by atoms with Crippen LogP contribution >= 0.6 is 0 Å². The summed E-state index contributed by atoms with van der Waals surface area (Å²) in [5, 5.41) is 37.9. The second-order valence-electron chi connectivity index (χ2n) is 6.53. The SMILES string of the molecule is Cc1ccc([C@@H]2O[C@@]3(C)OC(=N)[C@@](C#N)([C@@H]3C)C2(C#N)C#N)cc1. The molecule has 2 bridgehead atoms. The van der Waals surface area contributed by atoms with E-state index in [-0.39, 0.29) is 5.90 Å². The lowest BCUT2D eigenvalue weighted by Gasteiger charge is -2.47. The van der Waals surface area contributed by atoms with E-state index in [9.17, 15) is 15.8 Å². The molecule has 0 aliphatic carbocycles. The maximum atomic E-state index is 9.91. The molecule has 1 N–H and O–H groups in total. The average Bonchev–Trinajstić information content (AvgIpc) is 2.71.